The fourth-order valence-corrected chi connectivity index (χ4v) is 5.80. The summed E-state index contributed by atoms with van der Waals surface area (Å²) in [4.78, 5) is 13.1. The van der Waals surface area contributed by atoms with Crippen LogP contribution in [0.4, 0.5) is 11.4 Å². The van der Waals surface area contributed by atoms with Gasteiger partial charge in [0.2, 0.25) is 5.91 Å². The van der Waals surface area contributed by atoms with Crippen LogP contribution in [0.1, 0.15) is 16.7 Å². The summed E-state index contributed by atoms with van der Waals surface area (Å²) in [5, 5.41) is 35.5. The quantitative estimate of drug-likeness (QED) is 0.252. The number of aryl methyl sites for hydroxylation is 2. The Balaban J connectivity index is 1.63. The van der Waals surface area contributed by atoms with Gasteiger partial charge in [-0.3, -0.25) is 4.79 Å². The first-order valence-corrected chi connectivity index (χ1v) is 12.0. The highest BCUT2D eigenvalue weighted by atomic mass is 32.2. The number of hydrogen-bond acceptors (Lipinski definition) is 9. The molecule has 1 aliphatic rings. The van der Waals surface area contributed by atoms with Crippen LogP contribution >= 0.6 is 34.9 Å². The number of phenols is 2. The maximum atomic E-state index is 12.6. The Hall–Kier alpha value is -2.43. The van der Waals surface area contributed by atoms with Crippen LogP contribution in [-0.4, -0.2) is 38.6 Å². The molecule has 30 heavy (non-hydrogen) atoms. The van der Waals surface area contributed by atoms with E-state index in [0.29, 0.717) is 14.8 Å². The number of aromatic nitrogens is 2. The molecule has 0 radical (unpaired) electrons. The third kappa shape index (κ3) is 4.07. The maximum Gasteiger partial charge on any atom is 0.247 e. The summed E-state index contributed by atoms with van der Waals surface area (Å²) in [7, 11) is 0. The number of benzene rings is 2. The number of anilines is 2. The molecule has 7 nitrogen and oxygen atoms in total. The minimum absolute atomic E-state index is 0.0288. The smallest absolute Gasteiger partial charge is 0.247 e. The molecule has 10 heteroatoms. The number of carbonyl (C=O) groups is 1. The van der Waals surface area contributed by atoms with E-state index in [1.165, 1.54) is 40.9 Å². The predicted molar refractivity (Wildman–Crippen MR) is 121 cm³/mol. The summed E-state index contributed by atoms with van der Waals surface area (Å²) in [6.45, 7) is 3.99. The minimum Gasteiger partial charge on any atom is -0.506 e. The van der Waals surface area contributed by atoms with E-state index in [-0.39, 0.29) is 29.5 Å². The second-order valence-electron chi connectivity index (χ2n) is 6.94. The van der Waals surface area contributed by atoms with Crippen LogP contribution < -0.4 is 10.6 Å². The number of amides is 1. The van der Waals surface area contributed by atoms with E-state index in [1.54, 1.807) is 0 Å². The van der Waals surface area contributed by atoms with Crippen molar-refractivity contribution in [2.75, 3.05) is 16.9 Å². The van der Waals surface area contributed by atoms with E-state index in [9.17, 15) is 15.0 Å². The summed E-state index contributed by atoms with van der Waals surface area (Å²) in [6, 6.07) is 6.83. The lowest BCUT2D eigenvalue weighted by Gasteiger charge is -2.28. The first-order valence-electron chi connectivity index (χ1n) is 9.13. The largest absolute Gasteiger partial charge is 0.506 e. The summed E-state index contributed by atoms with van der Waals surface area (Å²) >= 11 is 4.15. The van der Waals surface area contributed by atoms with Crippen LogP contribution in [0, 0.1) is 13.8 Å². The molecule has 4 rings (SSSR count). The number of nitrogens with zero attached hydrogens (tertiary/aromatic N) is 2. The standard InChI is InChI=1S/C20H20N4O3S3/c1-9-4-5-12(10(2)6-9)21-13-7-11-16(22-18(13)27)14(25)8-15(17(11)26)29-20-24-23-19(28-3)30-20/h4-6,8,13,21,25-26H,7H2,1-3H3,(H,22,27). The third-order valence-electron chi connectivity index (χ3n) is 4.79. The molecule has 0 saturated heterocycles. The lowest BCUT2D eigenvalue weighted by molar-refractivity contribution is -0.117. The van der Waals surface area contributed by atoms with Gasteiger partial charge >= 0.3 is 0 Å². The molecule has 2 aromatic carbocycles. The normalized spacial score (nSPS) is 15.6. The second kappa shape index (κ2) is 8.37. The highest BCUT2D eigenvalue weighted by Gasteiger charge is 2.32. The van der Waals surface area contributed by atoms with Crippen molar-refractivity contribution in [3.8, 4) is 11.5 Å². The Morgan fingerprint density at radius 1 is 1.20 bits per heavy atom. The Morgan fingerprint density at radius 3 is 2.67 bits per heavy atom. The summed E-state index contributed by atoms with van der Waals surface area (Å²) in [5.74, 6) is -0.314. The number of nitrogens with one attached hydrogen (secondary N) is 2. The molecule has 2 heterocycles. The van der Waals surface area contributed by atoms with Gasteiger partial charge in [-0.15, -0.1) is 10.2 Å². The van der Waals surface area contributed by atoms with Crippen molar-refractivity contribution in [2.24, 2.45) is 0 Å². The monoisotopic (exact) mass is 460 g/mol. The van der Waals surface area contributed by atoms with Crippen LogP contribution in [0.3, 0.4) is 0 Å². The lowest BCUT2D eigenvalue weighted by Crippen LogP contribution is -2.40. The molecule has 4 N–H and O–H groups in total. The zero-order valence-corrected chi connectivity index (χ0v) is 19.0. The van der Waals surface area contributed by atoms with Gasteiger partial charge in [-0.05, 0) is 37.8 Å². The number of fused-ring (bicyclic) bond motifs is 1. The molecule has 3 aromatic rings. The van der Waals surface area contributed by atoms with E-state index >= 15 is 0 Å². The van der Waals surface area contributed by atoms with Gasteiger partial charge in [0, 0.05) is 17.7 Å². The number of aromatic hydroxyl groups is 2. The van der Waals surface area contributed by atoms with Gasteiger partial charge in [0.05, 0.1) is 10.6 Å². The molecule has 1 aromatic heterocycles. The van der Waals surface area contributed by atoms with Crippen molar-refractivity contribution < 1.29 is 15.0 Å². The number of phenolic OH excluding ortho intramolecular Hbond substituents is 2. The molecule has 0 saturated carbocycles. The van der Waals surface area contributed by atoms with Crippen LogP contribution in [-0.2, 0) is 11.2 Å². The SMILES string of the molecule is CSc1nnc(Sc2cc(O)c3c(c2O)CC(Nc2ccc(C)cc2C)C(=O)N3)s1. The first-order chi connectivity index (χ1) is 14.4. The van der Waals surface area contributed by atoms with Gasteiger partial charge in [0.1, 0.15) is 17.5 Å². The Labute approximate surface area is 186 Å². The number of thioether (sulfide) groups is 1. The zero-order valence-electron chi connectivity index (χ0n) is 16.5. The van der Waals surface area contributed by atoms with Crippen molar-refractivity contribution in [1.29, 1.82) is 0 Å². The van der Waals surface area contributed by atoms with Crippen molar-refractivity contribution >= 4 is 52.1 Å². The molecule has 0 fully saturated rings. The summed E-state index contributed by atoms with van der Waals surface area (Å²) in [5.41, 5.74) is 3.78. The van der Waals surface area contributed by atoms with Crippen LogP contribution in [0.25, 0.3) is 0 Å². The lowest BCUT2D eigenvalue weighted by atomic mass is 9.96. The van der Waals surface area contributed by atoms with Gasteiger partial charge in [-0.1, -0.05) is 52.6 Å². The number of carbonyl (C=O) groups excluding carboxylic acids is 1. The van der Waals surface area contributed by atoms with Crippen LogP contribution in [0.2, 0.25) is 0 Å². The predicted octanol–water partition coefficient (Wildman–Crippen LogP) is 4.41. The van der Waals surface area contributed by atoms with Crippen molar-refractivity contribution in [3.63, 3.8) is 0 Å². The van der Waals surface area contributed by atoms with Crippen LogP contribution in [0.15, 0.2) is 37.8 Å². The second-order valence-corrected chi connectivity index (χ2v) is 10.3. The minimum atomic E-state index is -0.575. The van der Waals surface area contributed by atoms with E-state index in [1.807, 2.05) is 38.3 Å². The van der Waals surface area contributed by atoms with Gasteiger partial charge in [-0.25, -0.2) is 0 Å². The van der Waals surface area contributed by atoms with Gasteiger partial charge < -0.3 is 20.8 Å². The Bertz CT molecular complexity index is 1130. The van der Waals surface area contributed by atoms with E-state index in [2.05, 4.69) is 20.8 Å². The van der Waals surface area contributed by atoms with Crippen molar-refractivity contribution in [1.82, 2.24) is 10.2 Å². The van der Waals surface area contributed by atoms with Crippen molar-refractivity contribution in [3.05, 3.63) is 41.0 Å². The average molecular weight is 461 g/mol. The molecular formula is C20H20N4O3S3. The highest BCUT2D eigenvalue weighted by molar-refractivity contribution is 8.03. The molecule has 1 unspecified atom stereocenters. The van der Waals surface area contributed by atoms with Crippen molar-refractivity contribution in [2.45, 2.75) is 39.9 Å². The molecule has 1 atom stereocenters. The first kappa shape index (κ1) is 20.8. The molecule has 1 amide bonds. The summed E-state index contributed by atoms with van der Waals surface area (Å²) < 4.78 is 1.49. The third-order valence-corrected chi connectivity index (χ3v) is 7.77. The Morgan fingerprint density at radius 2 is 1.97 bits per heavy atom. The average Bonchev–Trinajstić information content (AvgIpc) is 3.16. The summed E-state index contributed by atoms with van der Waals surface area (Å²) in [6.07, 6.45) is 2.16. The Kier molecular flexibility index (Phi) is 5.81. The number of hydrogen-bond donors (Lipinski definition) is 4. The van der Waals surface area contributed by atoms with Gasteiger partial charge in [0.15, 0.2) is 8.68 Å². The fourth-order valence-electron chi connectivity index (χ4n) is 3.30. The number of rotatable bonds is 5. The topological polar surface area (TPSA) is 107 Å². The van der Waals surface area contributed by atoms with E-state index < -0.39 is 6.04 Å². The van der Waals surface area contributed by atoms with E-state index in [4.69, 9.17) is 0 Å². The molecule has 0 spiro atoms. The molecule has 0 bridgehead atoms. The molecule has 1 aliphatic heterocycles. The van der Waals surface area contributed by atoms with Crippen LogP contribution in [0.5, 0.6) is 11.5 Å². The van der Waals surface area contributed by atoms with Gasteiger partial charge in [0.25, 0.3) is 0 Å². The molecule has 0 aliphatic carbocycles. The molecule has 156 valence electrons. The highest BCUT2D eigenvalue weighted by Crippen LogP contribution is 2.47. The maximum absolute atomic E-state index is 12.6. The molecular weight excluding hydrogens is 440 g/mol. The fraction of sp³-hybridized carbons (Fsp3) is 0.250. The van der Waals surface area contributed by atoms with Gasteiger partial charge in [-0.2, -0.15) is 0 Å². The zero-order chi connectivity index (χ0) is 21.4. The van der Waals surface area contributed by atoms with E-state index in [0.717, 1.165) is 21.2 Å².